The SMILES string of the molecule is [F][Sb-]([F])([F])([F])([F])[F].c1coc[nH+]1. The predicted octanol–water partition coefficient (Wildman–Crippen LogP) is 2.23. The second kappa shape index (κ2) is 2.55. The molecule has 74 valence electrons. The summed E-state index contributed by atoms with van der Waals surface area (Å²) in [6.45, 7) is 0. The average molecular weight is 306 g/mol. The van der Waals surface area contributed by atoms with Crippen LogP contribution in [0.5, 0.6) is 0 Å². The molecule has 0 atom stereocenters. The van der Waals surface area contributed by atoms with Crippen LogP contribution in [0.25, 0.3) is 0 Å². The summed E-state index contributed by atoms with van der Waals surface area (Å²) in [4.78, 5) is 2.69. The van der Waals surface area contributed by atoms with Crippen LogP contribution in [0.15, 0.2) is 23.3 Å². The summed E-state index contributed by atoms with van der Waals surface area (Å²) >= 11 is -11.2. The molecule has 1 heterocycles. The minimum Gasteiger partial charge on any atom is -0.412 e. The molecule has 0 saturated carbocycles. The molecule has 0 unspecified atom stereocenters. The van der Waals surface area contributed by atoms with E-state index >= 15 is 0 Å². The molecule has 0 saturated heterocycles. The van der Waals surface area contributed by atoms with Crippen LogP contribution in [0.1, 0.15) is 0 Å². The summed E-state index contributed by atoms with van der Waals surface area (Å²) in [5.74, 6) is 0. The second-order valence-corrected chi connectivity index (χ2v) is 7.15. The first-order valence-corrected chi connectivity index (χ1v) is 8.19. The van der Waals surface area contributed by atoms with Gasteiger partial charge in [-0.2, -0.15) is 4.98 Å². The van der Waals surface area contributed by atoms with Crippen molar-refractivity contribution in [3.63, 3.8) is 0 Å². The summed E-state index contributed by atoms with van der Waals surface area (Å²) in [6, 6.07) is 0. The second-order valence-electron chi connectivity index (χ2n) is 1.68. The Labute approximate surface area is 65.1 Å². The Bertz CT molecular complexity index is 194. The van der Waals surface area contributed by atoms with E-state index in [9.17, 15) is 16.9 Å². The van der Waals surface area contributed by atoms with E-state index in [1.165, 1.54) is 6.39 Å². The fraction of sp³-hybridized carbons (Fsp3) is 0. The Kier molecular flexibility index (Phi) is 2.46. The molecule has 0 radical (unpaired) electrons. The molecule has 0 bridgehead atoms. The van der Waals surface area contributed by atoms with Crippen LogP contribution in [0.3, 0.4) is 0 Å². The largest absolute Gasteiger partial charge is 0.412 e. The normalized spacial score (nSPS) is 16.8. The Hall–Kier alpha value is -0.392. The number of halogens is 6. The molecule has 1 N–H and O–H groups in total. The van der Waals surface area contributed by atoms with Gasteiger partial charge in [-0.3, -0.25) is 0 Å². The van der Waals surface area contributed by atoms with Gasteiger partial charge in [0.2, 0.25) is 6.20 Å². The third-order valence-corrected chi connectivity index (χ3v) is 0.379. The zero-order valence-corrected chi connectivity index (χ0v) is 7.91. The van der Waals surface area contributed by atoms with E-state index in [1.54, 1.807) is 12.5 Å². The van der Waals surface area contributed by atoms with E-state index in [4.69, 9.17) is 0 Å². The number of aromatic nitrogens is 1. The van der Waals surface area contributed by atoms with E-state index in [1.807, 2.05) is 0 Å². The summed E-state index contributed by atoms with van der Waals surface area (Å²) < 4.78 is 64.1. The standard InChI is InChI=1S/C3H3NO.6FH.Sb/c1-2-5-3-4-1;;;;;;;/h1-3H;6*1H;/q;;;;;;;+5/p-5. The zero-order valence-electron chi connectivity index (χ0n) is 5.36. The van der Waals surface area contributed by atoms with Crippen molar-refractivity contribution < 1.29 is 26.3 Å². The van der Waals surface area contributed by atoms with Crippen molar-refractivity contribution in [1.82, 2.24) is 0 Å². The van der Waals surface area contributed by atoms with Crippen molar-refractivity contribution in [2.45, 2.75) is 0 Å². The maximum absolute atomic E-state index is 11.2. The minimum absolute atomic E-state index is 1.50. The molecule has 12 heavy (non-hydrogen) atoms. The van der Waals surface area contributed by atoms with Crippen LogP contribution in [0, 0.1) is 0 Å². The maximum atomic E-state index is 9.93. The fourth-order valence-electron chi connectivity index (χ4n) is 0.196. The Morgan fingerprint density at radius 3 is 1.50 bits per heavy atom. The zero-order chi connectivity index (χ0) is 9.94. The van der Waals surface area contributed by atoms with Crippen LogP contribution in [-0.4, -0.2) is 19.5 Å². The Morgan fingerprint density at radius 2 is 1.42 bits per heavy atom. The topological polar surface area (TPSA) is 27.3 Å². The molecule has 0 spiro atoms. The molecule has 1 rings (SSSR count). The molecule has 0 aliphatic rings. The van der Waals surface area contributed by atoms with E-state index in [2.05, 4.69) is 9.40 Å². The van der Waals surface area contributed by atoms with Crippen molar-refractivity contribution in [2.75, 3.05) is 0 Å². The summed E-state index contributed by atoms with van der Waals surface area (Å²) in [7, 11) is 0. The first-order valence-electron chi connectivity index (χ1n) is 2.40. The number of H-pyrrole nitrogens is 1. The van der Waals surface area contributed by atoms with Crippen molar-refractivity contribution >= 4 is 19.5 Å². The molecule has 0 aliphatic carbocycles. The monoisotopic (exact) mass is 305 g/mol. The van der Waals surface area contributed by atoms with Gasteiger partial charge in [0.1, 0.15) is 0 Å². The molecule has 1 aromatic heterocycles. The first kappa shape index (κ1) is 11.6. The molecule has 0 aliphatic heterocycles. The van der Waals surface area contributed by atoms with E-state index in [0.717, 1.165) is 0 Å². The van der Waals surface area contributed by atoms with Crippen molar-refractivity contribution in [3.8, 4) is 0 Å². The summed E-state index contributed by atoms with van der Waals surface area (Å²) in [5, 5.41) is 0. The Morgan fingerprint density at radius 1 is 1.00 bits per heavy atom. The number of oxazole rings is 1. The smallest absolute Gasteiger partial charge is 0.332 e. The molecule has 2 nitrogen and oxygen atoms in total. The van der Waals surface area contributed by atoms with Gasteiger partial charge in [0.05, 0.1) is 0 Å². The van der Waals surface area contributed by atoms with Crippen LogP contribution in [0.2, 0.25) is 0 Å². The molecular weight excluding hydrogens is 302 g/mol. The first-order chi connectivity index (χ1) is 4.95. The van der Waals surface area contributed by atoms with Crippen LogP contribution in [0.4, 0.5) is 16.9 Å². The van der Waals surface area contributed by atoms with E-state index in [-0.39, 0.29) is 0 Å². The van der Waals surface area contributed by atoms with Gasteiger partial charge in [-0.15, -0.1) is 0 Å². The van der Waals surface area contributed by atoms with Crippen LogP contribution < -0.4 is 4.98 Å². The quantitative estimate of drug-likeness (QED) is 0.533. The maximum Gasteiger partial charge on any atom is 0.332 e. The van der Waals surface area contributed by atoms with Gasteiger partial charge < -0.3 is 4.42 Å². The Balaban J connectivity index is 0.000000211. The summed E-state index contributed by atoms with van der Waals surface area (Å²) in [5.41, 5.74) is 0. The van der Waals surface area contributed by atoms with Crippen molar-refractivity contribution in [1.29, 1.82) is 0 Å². The van der Waals surface area contributed by atoms with Gasteiger partial charge in [0.25, 0.3) is 0 Å². The number of rotatable bonds is 0. The molecule has 1 aromatic rings. The number of hydrogen-bond donors (Lipinski definition) is 0. The average Bonchev–Trinajstić information content (AvgIpc) is 2.00. The third-order valence-electron chi connectivity index (χ3n) is 0.379. The fourth-order valence-corrected chi connectivity index (χ4v) is 0.196. The van der Waals surface area contributed by atoms with Crippen LogP contribution >= 0.6 is 0 Å². The third kappa shape index (κ3) is 33.5. The van der Waals surface area contributed by atoms with Gasteiger partial charge in [0.15, 0.2) is 6.26 Å². The summed E-state index contributed by atoms with van der Waals surface area (Å²) in [6.07, 6.45) is 4.78. The molecular formula is C3H4F6NOSb. The van der Waals surface area contributed by atoms with Gasteiger partial charge in [0, 0.05) is 0 Å². The minimum atomic E-state index is -11.2. The van der Waals surface area contributed by atoms with Crippen LogP contribution in [-0.2, 0) is 0 Å². The van der Waals surface area contributed by atoms with Crippen molar-refractivity contribution in [3.05, 3.63) is 18.9 Å². The molecule has 0 amide bonds. The number of hydrogen-bond acceptors (Lipinski definition) is 1. The van der Waals surface area contributed by atoms with Gasteiger partial charge >= 0.3 is 42.7 Å². The predicted molar refractivity (Wildman–Crippen MR) is 27.7 cm³/mol. The van der Waals surface area contributed by atoms with E-state index < -0.39 is 19.5 Å². The van der Waals surface area contributed by atoms with Gasteiger partial charge in [-0.25, -0.2) is 0 Å². The molecule has 9 heteroatoms. The number of nitrogens with one attached hydrogen (secondary N) is 1. The number of aromatic amines is 1. The van der Waals surface area contributed by atoms with Gasteiger partial charge in [-0.1, -0.05) is 0 Å². The van der Waals surface area contributed by atoms with Gasteiger partial charge in [-0.05, 0) is 0 Å². The molecule has 0 aromatic carbocycles. The van der Waals surface area contributed by atoms with Crippen molar-refractivity contribution in [2.24, 2.45) is 0 Å². The molecule has 0 fully saturated rings. The van der Waals surface area contributed by atoms with E-state index in [0.29, 0.717) is 0 Å².